The van der Waals surface area contributed by atoms with Crippen LogP contribution in [0, 0.1) is 6.92 Å². The largest absolute Gasteiger partial charge is 0.379 e. The summed E-state index contributed by atoms with van der Waals surface area (Å²) >= 11 is 0. The van der Waals surface area contributed by atoms with Crippen molar-refractivity contribution in [2.24, 2.45) is 0 Å². The van der Waals surface area contributed by atoms with E-state index in [4.69, 9.17) is 4.74 Å². The Morgan fingerprint density at radius 2 is 2.00 bits per heavy atom. The van der Waals surface area contributed by atoms with Crippen LogP contribution >= 0.6 is 0 Å². The second kappa shape index (κ2) is 8.82. The van der Waals surface area contributed by atoms with Crippen LogP contribution in [0.5, 0.6) is 0 Å². The van der Waals surface area contributed by atoms with Crippen LogP contribution in [0.1, 0.15) is 50.8 Å². The summed E-state index contributed by atoms with van der Waals surface area (Å²) in [5, 5.41) is 3.34. The molecule has 0 aromatic carbocycles. The van der Waals surface area contributed by atoms with Crippen LogP contribution in [0.15, 0.2) is 12.4 Å². The smallest absolute Gasteiger partial charge is 0.317 e. The summed E-state index contributed by atoms with van der Waals surface area (Å²) in [7, 11) is 0. The van der Waals surface area contributed by atoms with Crippen LogP contribution in [0.3, 0.4) is 0 Å². The van der Waals surface area contributed by atoms with Gasteiger partial charge in [0, 0.05) is 50.7 Å². The second-order valence-corrected chi connectivity index (χ2v) is 8.66. The Morgan fingerprint density at radius 1 is 1.21 bits per heavy atom. The number of morpholine rings is 1. The summed E-state index contributed by atoms with van der Waals surface area (Å²) in [6.45, 7) is 8.09. The van der Waals surface area contributed by atoms with E-state index in [1.165, 1.54) is 32.1 Å². The Balaban J connectivity index is 1.38. The minimum Gasteiger partial charge on any atom is -0.379 e. The molecule has 0 bridgehead atoms. The van der Waals surface area contributed by atoms with Gasteiger partial charge in [0.1, 0.15) is 5.82 Å². The van der Waals surface area contributed by atoms with E-state index < -0.39 is 0 Å². The normalized spacial score (nSPS) is 25.8. The van der Waals surface area contributed by atoms with Gasteiger partial charge in [-0.1, -0.05) is 19.3 Å². The summed E-state index contributed by atoms with van der Waals surface area (Å²) in [6, 6.07) is 0.372. The second-order valence-electron chi connectivity index (χ2n) is 8.66. The molecule has 1 N–H and O–H groups in total. The number of likely N-dealkylation sites (tertiary alicyclic amines) is 1. The Labute approximate surface area is 168 Å². The summed E-state index contributed by atoms with van der Waals surface area (Å²) in [4.78, 5) is 22.0. The lowest BCUT2D eigenvalue weighted by molar-refractivity contribution is -0.0361. The molecule has 1 aliphatic carbocycles. The number of rotatable bonds is 5. The summed E-state index contributed by atoms with van der Waals surface area (Å²) in [5.74, 6) is 1.01. The summed E-state index contributed by atoms with van der Waals surface area (Å²) < 4.78 is 7.73. The van der Waals surface area contributed by atoms with Crippen LogP contribution in [0.2, 0.25) is 0 Å². The van der Waals surface area contributed by atoms with Crippen LogP contribution in [0.4, 0.5) is 4.79 Å². The van der Waals surface area contributed by atoms with Gasteiger partial charge >= 0.3 is 6.03 Å². The fourth-order valence-corrected chi connectivity index (χ4v) is 5.31. The SMILES string of the molecule is Cc1nccn1CC1CCCN1C(=O)NCC1(N2CCOCC2)CCCCC1. The van der Waals surface area contributed by atoms with Crippen LogP contribution in [-0.2, 0) is 11.3 Å². The van der Waals surface area contributed by atoms with Crippen molar-refractivity contribution in [3.63, 3.8) is 0 Å². The Kier molecular flexibility index (Phi) is 6.21. The van der Waals surface area contributed by atoms with Crippen LogP contribution < -0.4 is 5.32 Å². The number of hydrogen-bond donors (Lipinski definition) is 1. The lowest BCUT2D eigenvalue weighted by Crippen LogP contribution is -2.60. The van der Waals surface area contributed by atoms with Gasteiger partial charge in [0.25, 0.3) is 0 Å². The molecule has 3 fully saturated rings. The molecule has 2 amide bonds. The first kappa shape index (κ1) is 19.7. The fourth-order valence-electron chi connectivity index (χ4n) is 5.31. The highest BCUT2D eigenvalue weighted by molar-refractivity contribution is 5.75. The molecule has 3 heterocycles. The lowest BCUT2D eigenvalue weighted by atomic mass is 9.80. The highest BCUT2D eigenvalue weighted by Crippen LogP contribution is 2.34. The minimum atomic E-state index is 0.110. The number of urea groups is 1. The Bertz CT molecular complexity index is 649. The van der Waals surface area contributed by atoms with Gasteiger partial charge in [-0.05, 0) is 32.6 Å². The van der Waals surface area contributed by atoms with Crippen molar-refractivity contribution in [1.29, 1.82) is 0 Å². The molecule has 1 atom stereocenters. The molecule has 2 aliphatic heterocycles. The van der Waals surface area contributed by atoms with Crippen LogP contribution in [0.25, 0.3) is 0 Å². The average Bonchev–Trinajstić information content (AvgIpc) is 3.37. The zero-order chi connectivity index (χ0) is 19.4. The predicted octanol–water partition coefficient (Wildman–Crippen LogP) is 2.40. The number of carbonyl (C=O) groups excluding carboxylic acids is 1. The van der Waals surface area contributed by atoms with Crippen molar-refractivity contribution in [3.05, 3.63) is 18.2 Å². The van der Waals surface area contributed by atoms with Gasteiger partial charge in [0.15, 0.2) is 0 Å². The van der Waals surface area contributed by atoms with Crippen molar-refractivity contribution in [2.45, 2.75) is 70.0 Å². The van der Waals surface area contributed by atoms with E-state index in [1.807, 2.05) is 19.3 Å². The first-order valence-electron chi connectivity index (χ1n) is 11.0. The predicted molar refractivity (Wildman–Crippen MR) is 108 cm³/mol. The molecule has 0 radical (unpaired) electrons. The van der Waals surface area contributed by atoms with Crippen molar-refractivity contribution in [3.8, 4) is 0 Å². The molecule has 1 aromatic rings. The van der Waals surface area contributed by atoms with Gasteiger partial charge in [-0.25, -0.2) is 9.78 Å². The molecule has 2 saturated heterocycles. The molecule has 7 nitrogen and oxygen atoms in total. The van der Waals surface area contributed by atoms with E-state index in [-0.39, 0.29) is 17.6 Å². The van der Waals surface area contributed by atoms with Crippen LogP contribution in [-0.4, -0.2) is 76.4 Å². The number of imidazole rings is 1. The highest BCUT2D eigenvalue weighted by atomic mass is 16.5. The third kappa shape index (κ3) is 4.20. The van der Waals surface area contributed by atoms with Gasteiger partial charge in [-0.3, -0.25) is 4.90 Å². The molecular weight excluding hydrogens is 354 g/mol. The van der Waals surface area contributed by atoms with Crippen molar-refractivity contribution < 1.29 is 9.53 Å². The molecule has 1 unspecified atom stereocenters. The zero-order valence-electron chi connectivity index (χ0n) is 17.2. The van der Waals surface area contributed by atoms with E-state index in [9.17, 15) is 4.79 Å². The summed E-state index contributed by atoms with van der Waals surface area (Å²) in [6.07, 6.45) is 12.2. The number of amides is 2. The maximum Gasteiger partial charge on any atom is 0.317 e. The number of aryl methyl sites for hydroxylation is 1. The third-order valence-corrected chi connectivity index (χ3v) is 7.00. The third-order valence-electron chi connectivity index (χ3n) is 7.00. The van der Waals surface area contributed by atoms with E-state index in [0.717, 1.165) is 64.6 Å². The molecule has 156 valence electrons. The van der Waals surface area contributed by atoms with E-state index in [1.54, 1.807) is 0 Å². The molecule has 0 spiro atoms. The number of carbonyl (C=O) groups is 1. The number of hydrogen-bond acceptors (Lipinski definition) is 4. The van der Waals surface area contributed by atoms with Crippen molar-refractivity contribution in [2.75, 3.05) is 39.4 Å². The summed E-state index contributed by atoms with van der Waals surface area (Å²) in [5.41, 5.74) is 0.119. The maximum atomic E-state index is 13.1. The number of nitrogens with one attached hydrogen (secondary N) is 1. The van der Waals surface area contributed by atoms with Gasteiger partial charge in [-0.15, -0.1) is 0 Å². The fraction of sp³-hybridized carbons (Fsp3) is 0.810. The molecule has 28 heavy (non-hydrogen) atoms. The van der Waals surface area contributed by atoms with Gasteiger partial charge < -0.3 is 19.5 Å². The van der Waals surface area contributed by atoms with Crippen molar-refractivity contribution in [1.82, 2.24) is 24.7 Å². The minimum absolute atomic E-state index is 0.110. The molecule has 7 heteroatoms. The zero-order valence-corrected chi connectivity index (χ0v) is 17.2. The molecule has 4 rings (SSSR count). The molecule has 1 saturated carbocycles. The first-order valence-corrected chi connectivity index (χ1v) is 11.0. The van der Waals surface area contributed by atoms with E-state index in [0.29, 0.717) is 0 Å². The quantitative estimate of drug-likeness (QED) is 0.840. The standard InChI is InChI=1S/C21H35N5O2/c1-18-22-9-11-24(18)16-19-6-5-10-26(19)20(27)23-17-21(7-3-2-4-8-21)25-12-14-28-15-13-25/h9,11,19H,2-8,10,12-17H2,1H3,(H,23,27). The lowest BCUT2D eigenvalue weighted by Gasteiger charge is -2.48. The number of ether oxygens (including phenoxy) is 1. The van der Waals surface area contributed by atoms with Gasteiger partial charge in [-0.2, -0.15) is 0 Å². The molecular formula is C21H35N5O2. The topological polar surface area (TPSA) is 62.6 Å². The monoisotopic (exact) mass is 389 g/mol. The average molecular weight is 390 g/mol. The van der Waals surface area contributed by atoms with Crippen molar-refractivity contribution >= 4 is 6.03 Å². The molecule has 1 aromatic heterocycles. The Hall–Kier alpha value is -1.60. The number of nitrogens with zero attached hydrogens (tertiary/aromatic N) is 4. The van der Waals surface area contributed by atoms with E-state index >= 15 is 0 Å². The van der Waals surface area contributed by atoms with Gasteiger partial charge in [0.05, 0.1) is 19.3 Å². The highest BCUT2D eigenvalue weighted by Gasteiger charge is 2.39. The maximum absolute atomic E-state index is 13.1. The number of aromatic nitrogens is 2. The Morgan fingerprint density at radius 3 is 2.71 bits per heavy atom. The van der Waals surface area contributed by atoms with Gasteiger partial charge in [0.2, 0.25) is 0 Å². The first-order chi connectivity index (χ1) is 13.7. The molecule has 3 aliphatic rings. The van der Waals surface area contributed by atoms with E-state index in [2.05, 4.69) is 24.7 Å².